The van der Waals surface area contributed by atoms with Gasteiger partial charge in [-0.25, -0.2) is 4.79 Å². The predicted octanol–water partition coefficient (Wildman–Crippen LogP) is 4.32. The van der Waals surface area contributed by atoms with Crippen LogP contribution in [0.25, 0.3) is 0 Å². The van der Waals surface area contributed by atoms with Crippen LogP contribution in [-0.2, 0) is 25.6 Å². The lowest BCUT2D eigenvalue weighted by Crippen LogP contribution is -2.46. The minimum atomic E-state index is -0.537. The minimum Gasteiger partial charge on any atom is -0.444 e. The minimum absolute atomic E-state index is 0.156. The van der Waals surface area contributed by atoms with Gasteiger partial charge in [-0.1, -0.05) is 24.0 Å². The second-order valence-corrected chi connectivity index (χ2v) is 12.2. The molecule has 1 aliphatic rings. The number of hydrogen-bond acceptors (Lipinski definition) is 8. The Morgan fingerprint density at radius 2 is 1.84 bits per heavy atom. The highest BCUT2D eigenvalue weighted by atomic mass is 16.6. The summed E-state index contributed by atoms with van der Waals surface area (Å²) in [7, 11) is 3.56. The third-order valence-corrected chi connectivity index (χ3v) is 7.41. The molecule has 1 fully saturated rings. The van der Waals surface area contributed by atoms with Crippen molar-refractivity contribution in [3.05, 3.63) is 34.9 Å². The summed E-state index contributed by atoms with van der Waals surface area (Å²) in [5.74, 6) is 6.39. The summed E-state index contributed by atoms with van der Waals surface area (Å²) in [6.45, 7) is 9.92. The fourth-order valence-electron chi connectivity index (χ4n) is 4.82. The summed E-state index contributed by atoms with van der Waals surface area (Å²) in [5, 5.41) is 2.25. The smallest absolute Gasteiger partial charge is 0.410 e. The number of carbonyl (C=O) groups excluding carboxylic acids is 4. The molecule has 10 heteroatoms. The van der Waals surface area contributed by atoms with E-state index in [0.29, 0.717) is 51.1 Å². The Morgan fingerprint density at radius 1 is 1.16 bits per heavy atom. The first-order chi connectivity index (χ1) is 21.0. The SMILES string of the molecule is CC(CCC=O)N(C)Cc1c(C#CCCOCCCN(C(=O)OC(C)(C)C)C2CCC(N)CC2)cccc1C=O.CNC=O. The first kappa shape index (κ1) is 38.8. The lowest BCUT2D eigenvalue weighted by molar-refractivity contribution is -0.109. The first-order valence-electron chi connectivity index (χ1n) is 15.6. The summed E-state index contributed by atoms with van der Waals surface area (Å²) in [4.78, 5) is 48.4. The van der Waals surface area contributed by atoms with E-state index < -0.39 is 5.60 Å². The second kappa shape index (κ2) is 21.4. The molecule has 246 valence electrons. The number of nitrogens with one attached hydrogen (secondary N) is 1. The van der Waals surface area contributed by atoms with Crippen LogP contribution in [0.1, 0.15) is 101 Å². The average Bonchev–Trinajstić information content (AvgIpc) is 2.99. The lowest BCUT2D eigenvalue weighted by atomic mass is 9.91. The fourth-order valence-corrected chi connectivity index (χ4v) is 4.82. The molecule has 0 saturated heterocycles. The Bertz CT molecular complexity index is 1070. The zero-order valence-corrected chi connectivity index (χ0v) is 27.6. The monoisotopic (exact) mass is 614 g/mol. The van der Waals surface area contributed by atoms with E-state index in [2.05, 4.69) is 29.0 Å². The van der Waals surface area contributed by atoms with Crippen LogP contribution in [0.5, 0.6) is 0 Å². The number of rotatable bonds is 15. The molecule has 1 aromatic carbocycles. The van der Waals surface area contributed by atoms with Crippen molar-refractivity contribution in [1.29, 1.82) is 0 Å². The quantitative estimate of drug-likeness (QED) is 0.170. The summed E-state index contributed by atoms with van der Waals surface area (Å²) in [5.41, 5.74) is 7.90. The maximum atomic E-state index is 12.9. The summed E-state index contributed by atoms with van der Waals surface area (Å²) < 4.78 is 11.5. The van der Waals surface area contributed by atoms with Crippen LogP contribution in [-0.4, -0.2) is 92.5 Å². The third-order valence-electron chi connectivity index (χ3n) is 7.41. The Morgan fingerprint density at radius 3 is 2.43 bits per heavy atom. The molecular formula is C34H54N4O6. The van der Waals surface area contributed by atoms with Gasteiger partial charge in [0.05, 0.1) is 6.61 Å². The molecule has 10 nitrogen and oxygen atoms in total. The van der Waals surface area contributed by atoms with Crippen LogP contribution in [0.3, 0.4) is 0 Å². The Hall–Kier alpha value is -3.26. The van der Waals surface area contributed by atoms with Gasteiger partial charge in [0.25, 0.3) is 0 Å². The van der Waals surface area contributed by atoms with E-state index in [-0.39, 0.29) is 24.2 Å². The second-order valence-electron chi connectivity index (χ2n) is 12.2. The zero-order valence-electron chi connectivity index (χ0n) is 27.6. The van der Waals surface area contributed by atoms with Gasteiger partial charge in [-0.05, 0) is 84.9 Å². The third kappa shape index (κ3) is 15.5. The van der Waals surface area contributed by atoms with Gasteiger partial charge in [-0.3, -0.25) is 14.5 Å². The van der Waals surface area contributed by atoms with E-state index >= 15 is 0 Å². The standard InChI is InChI=1S/C32H49N3O5.C2H5NO/c1-25(11-9-20-36)34(5)23-30-26(13-8-14-27(30)24-37)12-6-7-21-39-22-10-19-35(31(38)40-32(2,3)4)29-17-15-28(33)16-18-29;1-3-2-4/h8,13-14,20,24-25,28-29H,7,9-11,15-19,21-23,33H2,1-5H3;2H,1H3,(H,3,4). The Balaban J connectivity index is 0.00000227. The van der Waals surface area contributed by atoms with Crippen LogP contribution in [0.2, 0.25) is 0 Å². The number of amides is 2. The largest absolute Gasteiger partial charge is 0.444 e. The molecule has 3 N–H and O–H groups in total. The highest BCUT2D eigenvalue weighted by molar-refractivity contribution is 5.78. The van der Waals surface area contributed by atoms with E-state index in [0.717, 1.165) is 62.2 Å². The van der Waals surface area contributed by atoms with E-state index in [1.807, 2.05) is 50.9 Å². The van der Waals surface area contributed by atoms with Crippen molar-refractivity contribution >= 4 is 25.1 Å². The maximum Gasteiger partial charge on any atom is 0.410 e. The van der Waals surface area contributed by atoms with E-state index in [4.69, 9.17) is 20.0 Å². The van der Waals surface area contributed by atoms with Crippen LogP contribution in [0, 0.1) is 11.8 Å². The van der Waals surface area contributed by atoms with Crippen molar-refractivity contribution < 1.29 is 28.7 Å². The summed E-state index contributed by atoms with van der Waals surface area (Å²) in [6.07, 6.45) is 8.38. The number of nitrogens with zero attached hydrogens (tertiary/aromatic N) is 2. The molecule has 1 aromatic rings. The van der Waals surface area contributed by atoms with Gasteiger partial charge in [0.2, 0.25) is 6.41 Å². The lowest BCUT2D eigenvalue weighted by Gasteiger charge is -2.37. The van der Waals surface area contributed by atoms with Crippen molar-refractivity contribution in [3.63, 3.8) is 0 Å². The van der Waals surface area contributed by atoms with Crippen molar-refractivity contribution in [3.8, 4) is 11.8 Å². The molecular weight excluding hydrogens is 560 g/mol. The van der Waals surface area contributed by atoms with Crippen molar-refractivity contribution in [1.82, 2.24) is 15.1 Å². The molecule has 0 radical (unpaired) electrons. The highest BCUT2D eigenvalue weighted by Gasteiger charge is 2.30. The van der Waals surface area contributed by atoms with Crippen molar-refractivity contribution in [2.24, 2.45) is 5.73 Å². The van der Waals surface area contributed by atoms with Gasteiger partial charge >= 0.3 is 6.09 Å². The fraction of sp³-hybridized carbons (Fsp3) is 0.647. The van der Waals surface area contributed by atoms with Gasteiger partial charge in [-0.15, -0.1) is 0 Å². The van der Waals surface area contributed by atoms with E-state index in [1.165, 1.54) is 0 Å². The normalized spacial score (nSPS) is 16.8. The topological polar surface area (TPSA) is 131 Å². The number of hydrogen-bond donors (Lipinski definition) is 2. The molecule has 1 aliphatic carbocycles. The summed E-state index contributed by atoms with van der Waals surface area (Å²) in [6, 6.07) is 6.17. The van der Waals surface area contributed by atoms with E-state index in [1.54, 1.807) is 7.05 Å². The van der Waals surface area contributed by atoms with Gasteiger partial charge in [0, 0.05) is 68.8 Å². The molecule has 0 heterocycles. The van der Waals surface area contributed by atoms with Crippen LogP contribution in [0.15, 0.2) is 18.2 Å². The number of benzene rings is 1. The average molecular weight is 615 g/mol. The molecule has 44 heavy (non-hydrogen) atoms. The van der Waals surface area contributed by atoms with Gasteiger partial charge in [0.1, 0.15) is 18.2 Å². The Kier molecular flexibility index (Phi) is 18.9. The molecule has 2 amide bonds. The van der Waals surface area contributed by atoms with Gasteiger partial charge in [-0.2, -0.15) is 0 Å². The molecule has 1 unspecified atom stereocenters. The van der Waals surface area contributed by atoms with Gasteiger partial charge in [0.15, 0.2) is 0 Å². The van der Waals surface area contributed by atoms with Gasteiger partial charge < -0.3 is 30.2 Å². The maximum absolute atomic E-state index is 12.9. The van der Waals surface area contributed by atoms with Crippen LogP contribution in [0.4, 0.5) is 4.79 Å². The van der Waals surface area contributed by atoms with Crippen LogP contribution < -0.4 is 11.1 Å². The van der Waals surface area contributed by atoms with Crippen LogP contribution >= 0.6 is 0 Å². The molecule has 0 spiro atoms. The Labute approximate surface area is 264 Å². The number of nitrogens with two attached hydrogens (primary N) is 1. The zero-order chi connectivity index (χ0) is 33.0. The highest BCUT2D eigenvalue weighted by Crippen LogP contribution is 2.24. The van der Waals surface area contributed by atoms with E-state index in [9.17, 15) is 14.4 Å². The predicted molar refractivity (Wildman–Crippen MR) is 173 cm³/mol. The number of aldehydes is 2. The summed E-state index contributed by atoms with van der Waals surface area (Å²) >= 11 is 0. The molecule has 2 rings (SSSR count). The molecule has 0 aliphatic heterocycles. The molecule has 0 bridgehead atoms. The van der Waals surface area contributed by atoms with Crippen molar-refractivity contribution in [2.45, 2.75) is 109 Å². The first-order valence-corrected chi connectivity index (χ1v) is 15.6. The number of carbonyl (C=O) groups is 4. The van der Waals surface area contributed by atoms with Crippen molar-refractivity contribution in [2.75, 3.05) is 33.9 Å². The number of ether oxygens (including phenoxy) is 2. The molecule has 1 saturated carbocycles. The molecule has 1 atom stereocenters. The molecule has 0 aromatic heterocycles.